The van der Waals surface area contributed by atoms with Crippen LogP contribution in [0.15, 0.2) is 176 Å². The van der Waals surface area contributed by atoms with E-state index in [2.05, 4.69) is 163 Å². The zero-order valence-corrected chi connectivity index (χ0v) is 31.4. The first-order valence-corrected chi connectivity index (χ1v) is 19.5. The van der Waals surface area contributed by atoms with Crippen LogP contribution in [-0.4, -0.2) is 19.5 Å². The predicted octanol–water partition coefficient (Wildman–Crippen LogP) is 13.2. The zero-order chi connectivity index (χ0) is 37.4. The van der Waals surface area contributed by atoms with Gasteiger partial charge in [0.25, 0.3) is 0 Å². The van der Waals surface area contributed by atoms with Crippen molar-refractivity contribution in [2.45, 2.75) is 32.1 Å². The molecule has 0 fully saturated rings. The van der Waals surface area contributed by atoms with E-state index in [9.17, 15) is 0 Å². The quantitative estimate of drug-likeness (QED) is 0.166. The highest BCUT2D eigenvalue weighted by molar-refractivity contribution is 6.22. The van der Waals surface area contributed by atoms with Gasteiger partial charge in [-0.05, 0) is 128 Å². The van der Waals surface area contributed by atoms with Crippen LogP contribution in [-0.2, 0) is 5.41 Å². The first-order valence-electron chi connectivity index (χ1n) is 19.5. The van der Waals surface area contributed by atoms with E-state index in [-0.39, 0.29) is 5.41 Å². The molecular weight excluding hydrogens is 681 g/mol. The van der Waals surface area contributed by atoms with Crippen LogP contribution in [0.4, 0.5) is 0 Å². The van der Waals surface area contributed by atoms with Crippen LogP contribution in [0.3, 0.4) is 0 Å². The van der Waals surface area contributed by atoms with E-state index in [0.717, 1.165) is 57.9 Å². The van der Waals surface area contributed by atoms with Gasteiger partial charge in [0.05, 0.1) is 22.4 Å². The van der Waals surface area contributed by atoms with Gasteiger partial charge in [-0.25, -0.2) is 4.98 Å². The number of hydrogen-bond donors (Lipinski definition) is 0. The zero-order valence-electron chi connectivity index (χ0n) is 31.4. The fraction of sp³-hybridized carbons (Fsp3) is 0.0962. The van der Waals surface area contributed by atoms with Gasteiger partial charge in [-0.2, -0.15) is 0 Å². The third kappa shape index (κ3) is 4.95. The van der Waals surface area contributed by atoms with Gasteiger partial charge >= 0.3 is 0 Å². The topological polar surface area (TPSA) is 43.6 Å². The maximum atomic E-state index is 5.17. The molecule has 0 radical (unpaired) electrons. The summed E-state index contributed by atoms with van der Waals surface area (Å²) in [6, 6.07) is 52.2. The van der Waals surface area contributed by atoms with Gasteiger partial charge in [0.15, 0.2) is 0 Å². The molecule has 56 heavy (non-hydrogen) atoms. The third-order valence-corrected chi connectivity index (χ3v) is 12.0. The molecule has 0 amide bonds. The largest absolute Gasteiger partial charge is 0.292 e. The maximum absolute atomic E-state index is 5.17. The van der Waals surface area contributed by atoms with Crippen molar-refractivity contribution in [1.29, 1.82) is 0 Å². The lowest BCUT2D eigenvalue weighted by molar-refractivity contribution is 0.652. The number of allylic oxidation sites excluding steroid dienone is 4. The Kier molecular flexibility index (Phi) is 7.30. The van der Waals surface area contributed by atoms with Gasteiger partial charge in [-0.15, -0.1) is 0 Å². The summed E-state index contributed by atoms with van der Waals surface area (Å²) in [7, 11) is 0. The minimum absolute atomic E-state index is 0.0915. The lowest BCUT2D eigenvalue weighted by atomic mass is 9.78. The van der Waals surface area contributed by atoms with Crippen molar-refractivity contribution in [3.05, 3.63) is 187 Å². The Bertz CT molecular complexity index is 3060. The molecule has 4 nitrogen and oxygen atoms in total. The highest BCUT2D eigenvalue weighted by Gasteiger charge is 2.38. The molecule has 0 N–H and O–H groups in total. The molecule has 9 aromatic rings. The minimum Gasteiger partial charge on any atom is -0.292 e. The van der Waals surface area contributed by atoms with Crippen molar-refractivity contribution >= 4 is 38.2 Å². The first-order chi connectivity index (χ1) is 27.5. The van der Waals surface area contributed by atoms with Gasteiger partial charge in [0.1, 0.15) is 5.82 Å². The third-order valence-electron chi connectivity index (χ3n) is 12.0. The molecule has 0 aliphatic heterocycles. The molecule has 3 heterocycles. The van der Waals surface area contributed by atoms with E-state index in [1.54, 1.807) is 0 Å². The van der Waals surface area contributed by atoms with Gasteiger partial charge < -0.3 is 0 Å². The highest BCUT2D eigenvalue weighted by atomic mass is 15.1. The molecule has 2 aliphatic rings. The summed E-state index contributed by atoms with van der Waals surface area (Å²) in [4.78, 5) is 14.7. The first kappa shape index (κ1) is 32.5. The van der Waals surface area contributed by atoms with Crippen LogP contribution >= 0.6 is 0 Å². The van der Waals surface area contributed by atoms with Crippen molar-refractivity contribution in [2.24, 2.45) is 0 Å². The van der Waals surface area contributed by atoms with Crippen molar-refractivity contribution in [3.8, 4) is 50.7 Å². The summed E-state index contributed by atoms with van der Waals surface area (Å²) >= 11 is 0. The molecule has 266 valence electrons. The van der Waals surface area contributed by atoms with Crippen LogP contribution < -0.4 is 0 Å². The summed E-state index contributed by atoms with van der Waals surface area (Å²) in [5.41, 5.74) is 16.4. The number of fused-ring (bicyclic) bond motifs is 5. The van der Waals surface area contributed by atoms with E-state index in [4.69, 9.17) is 9.97 Å². The van der Waals surface area contributed by atoms with Crippen molar-refractivity contribution < 1.29 is 0 Å². The molecule has 0 saturated heterocycles. The molecule has 11 rings (SSSR count). The second-order valence-electron chi connectivity index (χ2n) is 15.5. The average Bonchev–Trinajstić information content (AvgIpc) is 3.75. The van der Waals surface area contributed by atoms with Gasteiger partial charge in [0, 0.05) is 34.6 Å². The van der Waals surface area contributed by atoms with Gasteiger partial charge in [-0.3, -0.25) is 14.5 Å². The number of imidazole rings is 1. The molecular formula is C52H38N4. The van der Waals surface area contributed by atoms with Crippen LogP contribution in [0.5, 0.6) is 0 Å². The number of pyridine rings is 2. The van der Waals surface area contributed by atoms with E-state index < -0.39 is 0 Å². The molecule has 4 heteroatoms. The second kappa shape index (κ2) is 12.6. The number of nitrogens with zero attached hydrogens (tertiary/aromatic N) is 4. The average molecular weight is 719 g/mol. The minimum atomic E-state index is -0.0915. The molecule has 0 bridgehead atoms. The Morgan fingerprint density at radius 3 is 2.04 bits per heavy atom. The van der Waals surface area contributed by atoms with E-state index in [0.29, 0.717) is 0 Å². The molecule has 0 spiro atoms. The lowest BCUT2D eigenvalue weighted by Gasteiger charge is -2.25. The summed E-state index contributed by atoms with van der Waals surface area (Å²) in [5.74, 6) is 0.931. The Morgan fingerprint density at radius 1 is 0.589 bits per heavy atom. The SMILES string of the molecule is CC1(C)C2=C(CCC=C2)c2cc3c(-c4ccc(-c5nc6ccccc6n5-c5ccccc5)cc4)c4ccccc4c(-c4ccc(-c5ccccn5)nc4)c3cc21. The number of aromatic nitrogens is 4. The summed E-state index contributed by atoms with van der Waals surface area (Å²) < 4.78 is 2.27. The van der Waals surface area contributed by atoms with Crippen LogP contribution in [0.25, 0.3) is 88.9 Å². The Labute approximate surface area is 326 Å². The Hall–Kier alpha value is -6.91. The summed E-state index contributed by atoms with van der Waals surface area (Å²) in [6.07, 6.45) is 10.7. The maximum Gasteiger partial charge on any atom is 0.145 e. The van der Waals surface area contributed by atoms with Crippen molar-refractivity contribution in [2.75, 3.05) is 0 Å². The fourth-order valence-electron chi connectivity index (χ4n) is 9.34. The number of hydrogen-bond acceptors (Lipinski definition) is 3. The van der Waals surface area contributed by atoms with Crippen LogP contribution in [0, 0.1) is 0 Å². The molecule has 0 unspecified atom stereocenters. The standard InChI is InChI=1S/C52H38N4/c1-52(2)43-19-9-8-16-37(43)40-30-41-42(31-44(40)52)50(35-27-28-46(54-32-35)45-20-12-13-29-53-45)39-18-7-6-17-38(39)49(41)33-23-25-34(26-24-33)51-55-47-21-10-11-22-48(47)56(51)36-14-4-3-5-15-36/h3-7,9-15,17-32H,8,16H2,1-2H3. The number of para-hydroxylation sites is 3. The van der Waals surface area contributed by atoms with E-state index >= 15 is 0 Å². The van der Waals surface area contributed by atoms with Crippen LogP contribution in [0.1, 0.15) is 37.8 Å². The normalized spacial score (nSPS) is 14.5. The number of rotatable bonds is 5. The van der Waals surface area contributed by atoms with E-state index in [1.807, 2.05) is 30.6 Å². The highest BCUT2D eigenvalue weighted by Crippen LogP contribution is 2.53. The van der Waals surface area contributed by atoms with Gasteiger partial charge in [-0.1, -0.05) is 117 Å². The van der Waals surface area contributed by atoms with E-state index in [1.165, 1.54) is 60.5 Å². The van der Waals surface area contributed by atoms with Crippen molar-refractivity contribution in [1.82, 2.24) is 19.5 Å². The van der Waals surface area contributed by atoms with Crippen LogP contribution in [0.2, 0.25) is 0 Å². The Balaban J connectivity index is 1.15. The molecule has 3 aromatic heterocycles. The monoisotopic (exact) mass is 718 g/mol. The molecule has 6 aromatic carbocycles. The van der Waals surface area contributed by atoms with Crippen molar-refractivity contribution in [3.63, 3.8) is 0 Å². The smallest absolute Gasteiger partial charge is 0.145 e. The lowest BCUT2D eigenvalue weighted by Crippen LogP contribution is -2.16. The molecule has 2 aliphatic carbocycles. The second-order valence-corrected chi connectivity index (χ2v) is 15.5. The predicted molar refractivity (Wildman–Crippen MR) is 232 cm³/mol. The summed E-state index contributed by atoms with van der Waals surface area (Å²) in [5, 5.41) is 4.94. The number of benzene rings is 6. The Morgan fingerprint density at radius 2 is 1.27 bits per heavy atom. The van der Waals surface area contributed by atoms with Gasteiger partial charge in [0.2, 0.25) is 0 Å². The molecule has 0 saturated carbocycles. The fourth-order valence-corrected chi connectivity index (χ4v) is 9.34. The molecule has 0 atom stereocenters. The summed E-state index contributed by atoms with van der Waals surface area (Å²) in [6.45, 7) is 4.78.